The van der Waals surface area contributed by atoms with Crippen molar-refractivity contribution in [3.8, 4) is 0 Å². The van der Waals surface area contributed by atoms with Gasteiger partial charge in [-0.25, -0.2) is 0 Å². The molecule has 0 atom stereocenters. The van der Waals surface area contributed by atoms with E-state index in [2.05, 4.69) is 33.0 Å². The van der Waals surface area contributed by atoms with Gasteiger partial charge in [0.05, 0.1) is 0 Å². The van der Waals surface area contributed by atoms with E-state index in [0.717, 1.165) is 6.54 Å². The highest BCUT2D eigenvalue weighted by Gasteiger charge is 2.14. The van der Waals surface area contributed by atoms with Gasteiger partial charge in [0, 0.05) is 5.54 Å². The van der Waals surface area contributed by atoms with Gasteiger partial charge in [0.15, 0.2) is 0 Å². The highest BCUT2D eigenvalue weighted by atomic mass is 14.9. The summed E-state index contributed by atoms with van der Waals surface area (Å²) in [5.74, 6) is 0. The third kappa shape index (κ3) is 12.4. The van der Waals surface area contributed by atoms with Crippen LogP contribution in [0.15, 0.2) is 0 Å². The van der Waals surface area contributed by atoms with Crippen LogP contribution in [0.5, 0.6) is 0 Å². The molecule has 0 spiro atoms. The standard InChI is InChI=1S/C17H37N/c1-5-7-8-9-10-11-12-13-14-15-16-17(3,4)18-6-2/h18H,5-16H2,1-4H3. The summed E-state index contributed by atoms with van der Waals surface area (Å²) in [5, 5.41) is 3.55. The van der Waals surface area contributed by atoms with Crippen molar-refractivity contribution in [2.45, 2.75) is 104 Å². The van der Waals surface area contributed by atoms with Crippen LogP contribution < -0.4 is 5.32 Å². The molecule has 0 unspecified atom stereocenters. The van der Waals surface area contributed by atoms with Gasteiger partial charge >= 0.3 is 0 Å². The Morgan fingerprint density at radius 2 is 1.11 bits per heavy atom. The predicted molar refractivity (Wildman–Crippen MR) is 84.2 cm³/mol. The molecule has 0 aromatic heterocycles. The van der Waals surface area contributed by atoms with Crippen molar-refractivity contribution in [1.29, 1.82) is 0 Å². The molecule has 110 valence electrons. The van der Waals surface area contributed by atoms with Crippen LogP contribution in [0.1, 0.15) is 98.3 Å². The van der Waals surface area contributed by atoms with E-state index in [1.165, 1.54) is 70.6 Å². The van der Waals surface area contributed by atoms with Gasteiger partial charge in [-0.3, -0.25) is 0 Å². The summed E-state index contributed by atoms with van der Waals surface area (Å²) in [6, 6.07) is 0. The molecule has 0 aromatic carbocycles. The fourth-order valence-corrected chi connectivity index (χ4v) is 2.62. The summed E-state index contributed by atoms with van der Waals surface area (Å²) < 4.78 is 0. The van der Waals surface area contributed by atoms with E-state index in [0.29, 0.717) is 5.54 Å². The molecule has 0 aromatic rings. The van der Waals surface area contributed by atoms with Gasteiger partial charge in [0.2, 0.25) is 0 Å². The van der Waals surface area contributed by atoms with Gasteiger partial charge in [0.1, 0.15) is 0 Å². The van der Waals surface area contributed by atoms with E-state index in [1.807, 2.05) is 0 Å². The first-order chi connectivity index (χ1) is 8.62. The molecule has 0 heterocycles. The minimum atomic E-state index is 0.342. The Hall–Kier alpha value is -0.0400. The maximum absolute atomic E-state index is 3.55. The summed E-state index contributed by atoms with van der Waals surface area (Å²) in [6.45, 7) is 10.2. The minimum Gasteiger partial charge on any atom is -0.312 e. The summed E-state index contributed by atoms with van der Waals surface area (Å²) >= 11 is 0. The molecule has 0 aliphatic rings. The zero-order valence-electron chi connectivity index (χ0n) is 13.5. The van der Waals surface area contributed by atoms with E-state index in [1.54, 1.807) is 0 Å². The van der Waals surface area contributed by atoms with Crippen LogP contribution in [0, 0.1) is 0 Å². The van der Waals surface area contributed by atoms with Crippen LogP contribution in [0.2, 0.25) is 0 Å². The second kappa shape index (κ2) is 12.0. The molecule has 0 rings (SSSR count). The molecule has 1 nitrogen and oxygen atoms in total. The Labute approximate surface area is 116 Å². The van der Waals surface area contributed by atoms with Crippen LogP contribution in [-0.2, 0) is 0 Å². The Kier molecular flexibility index (Phi) is 12.0. The topological polar surface area (TPSA) is 12.0 Å². The molecular weight excluding hydrogens is 218 g/mol. The van der Waals surface area contributed by atoms with Crippen LogP contribution in [0.4, 0.5) is 0 Å². The van der Waals surface area contributed by atoms with Crippen molar-refractivity contribution in [1.82, 2.24) is 5.32 Å². The SMILES string of the molecule is CCCCCCCCCCCCC(C)(C)NCC. The molecule has 0 saturated heterocycles. The van der Waals surface area contributed by atoms with E-state index in [9.17, 15) is 0 Å². The maximum Gasteiger partial charge on any atom is 0.0125 e. The quantitative estimate of drug-likeness (QED) is 0.417. The molecule has 0 amide bonds. The largest absolute Gasteiger partial charge is 0.312 e. The smallest absolute Gasteiger partial charge is 0.0125 e. The maximum atomic E-state index is 3.55. The number of unbranched alkanes of at least 4 members (excludes halogenated alkanes) is 9. The number of rotatable bonds is 13. The van der Waals surface area contributed by atoms with Crippen LogP contribution in [0.3, 0.4) is 0 Å². The molecule has 0 bridgehead atoms. The summed E-state index contributed by atoms with van der Waals surface area (Å²) in [5.41, 5.74) is 0.342. The summed E-state index contributed by atoms with van der Waals surface area (Å²) in [7, 11) is 0. The van der Waals surface area contributed by atoms with E-state index < -0.39 is 0 Å². The molecule has 0 saturated carbocycles. The van der Waals surface area contributed by atoms with E-state index >= 15 is 0 Å². The lowest BCUT2D eigenvalue weighted by molar-refractivity contribution is 0.354. The lowest BCUT2D eigenvalue weighted by Gasteiger charge is -2.25. The number of nitrogens with one attached hydrogen (secondary N) is 1. The molecular formula is C17H37N. The Bertz CT molecular complexity index is 163. The third-order valence-corrected chi connectivity index (χ3v) is 3.81. The van der Waals surface area contributed by atoms with Crippen molar-refractivity contribution in [3.05, 3.63) is 0 Å². The van der Waals surface area contributed by atoms with Crippen molar-refractivity contribution < 1.29 is 0 Å². The highest BCUT2D eigenvalue weighted by Crippen LogP contribution is 2.16. The first kappa shape index (κ1) is 18.0. The van der Waals surface area contributed by atoms with Gasteiger partial charge in [-0.15, -0.1) is 0 Å². The van der Waals surface area contributed by atoms with Crippen molar-refractivity contribution in [2.75, 3.05) is 6.54 Å². The second-order valence-corrected chi connectivity index (χ2v) is 6.35. The molecule has 0 aliphatic heterocycles. The molecule has 18 heavy (non-hydrogen) atoms. The average Bonchev–Trinajstić information content (AvgIpc) is 2.31. The van der Waals surface area contributed by atoms with Crippen molar-refractivity contribution in [3.63, 3.8) is 0 Å². The average molecular weight is 255 g/mol. The fourth-order valence-electron chi connectivity index (χ4n) is 2.62. The second-order valence-electron chi connectivity index (χ2n) is 6.35. The molecule has 1 heteroatoms. The van der Waals surface area contributed by atoms with Gasteiger partial charge < -0.3 is 5.32 Å². The van der Waals surface area contributed by atoms with Crippen LogP contribution in [-0.4, -0.2) is 12.1 Å². The monoisotopic (exact) mass is 255 g/mol. The normalized spacial score (nSPS) is 12.0. The van der Waals surface area contributed by atoms with E-state index in [4.69, 9.17) is 0 Å². The van der Waals surface area contributed by atoms with Gasteiger partial charge in [0.25, 0.3) is 0 Å². The number of hydrogen-bond acceptors (Lipinski definition) is 1. The lowest BCUT2D eigenvalue weighted by atomic mass is 9.96. The molecule has 1 N–H and O–H groups in total. The molecule has 0 radical (unpaired) electrons. The van der Waals surface area contributed by atoms with E-state index in [-0.39, 0.29) is 0 Å². The first-order valence-corrected chi connectivity index (χ1v) is 8.37. The van der Waals surface area contributed by atoms with Crippen molar-refractivity contribution in [2.24, 2.45) is 0 Å². The molecule has 0 aliphatic carbocycles. The predicted octanol–water partition coefficient (Wildman–Crippen LogP) is 5.69. The van der Waals surface area contributed by atoms with Crippen LogP contribution in [0.25, 0.3) is 0 Å². The van der Waals surface area contributed by atoms with Gasteiger partial charge in [-0.05, 0) is 26.8 Å². The van der Waals surface area contributed by atoms with Gasteiger partial charge in [-0.1, -0.05) is 78.1 Å². The lowest BCUT2D eigenvalue weighted by Crippen LogP contribution is -2.38. The zero-order chi connectivity index (χ0) is 13.7. The van der Waals surface area contributed by atoms with Gasteiger partial charge in [-0.2, -0.15) is 0 Å². The Morgan fingerprint density at radius 1 is 0.667 bits per heavy atom. The van der Waals surface area contributed by atoms with Crippen molar-refractivity contribution >= 4 is 0 Å². The third-order valence-electron chi connectivity index (χ3n) is 3.81. The highest BCUT2D eigenvalue weighted by molar-refractivity contribution is 4.76. The zero-order valence-corrected chi connectivity index (χ0v) is 13.5. The fraction of sp³-hybridized carbons (Fsp3) is 1.00. The summed E-state index contributed by atoms with van der Waals surface area (Å²) in [4.78, 5) is 0. The van der Waals surface area contributed by atoms with Crippen LogP contribution >= 0.6 is 0 Å². The molecule has 0 fully saturated rings. The summed E-state index contributed by atoms with van der Waals surface area (Å²) in [6.07, 6.45) is 15.6. The first-order valence-electron chi connectivity index (χ1n) is 8.37. The Balaban J connectivity index is 3.16. The minimum absolute atomic E-state index is 0.342. The number of hydrogen-bond donors (Lipinski definition) is 1. The Morgan fingerprint density at radius 3 is 1.56 bits per heavy atom.